The average molecular weight is 922 g/mol. The number of fused-ring (bicyclic) bond motifs is 1. The van der Waals surface area contributed by atoms with Gasteiger partial charge in [0.25, 0.3) is 0 Å². The maximum atomic E-state index is 3.36. The van der Waals surface area contributed by atoms with Crippen molar-refractivity contribution in [1.29, 1.82) is 0 Å². The minimum atomic E-state index is -0.999. The summed E-state index contributed by atoms with van der Waals surface area (Å²) in [7, 11) is 1.14. The Balaban J connectivity index is 0.000000553. The maximum absolute atomic E-state index is 3.36. The normalized spacial score (nSPS) is 11.8. The van der Waals surface area contributed by atoms with Crippen LogP contribution in [0.3, 0.4) is 0 Å². The third-order valence-electron chi connectivity index (χ3n) is 11.2. The Kier molecular flexibility index (Phi) is 20.9. The third kappa shape index (κ3) is 16.4. The molecule has 0 fully saturated rings. The molecule has 350 valence electrons. The van der Waals surface area contributed by atoms with Gasteiger partial charge >= 0.3 is 0 Å². The number of likely N-dealkylation sites (N-methyl/N-ethyl adjacent to an activating group) is 1. The molecule has 0 heterocycles. The highest BCUT2D eigenvalue weighted by molar-refractivity contribution is 8.35. The third-order valence-corrected chi connectivity index (χ3v) is 12.9. The number of hydrogen-bond donors (Lipinski definition) is 0. The molecular weight excluding hydrogens is 851 g/mol. The molecule has 69 heavy (non-hydrogen) atoms. The van der Waals surface area contributed by atoms with Crippen LogP contribution >= 0.6 is 10.0 Å². The summed E-state index contributed by atoms with van der Waals surface area (Å²) in [5.41, 5.74) is 14.6. The fourth-order valence-electron chi connectivity index (χ4n) is 7.34. The van der Waals surface area contributed by atoms with E-state index in [1.54, 1.807) is 6.08 Å². The lowest BCUT2D eigenvalue weighted by molar-refractivity contribution is 1.13. The van der Waals surface area contributed by atoms with E-state index < -0.39 is 10.0 Å². The smallest absolute Gasteiger partial charge is 0.0415 e. The van der Waals surface area contributed by atoms with E-state index in [0.717, 1.165) is 0 Å². The predicted molar refractivity (Wildman–Crippen MR) is 314 cm³/mol. The standard InChI is InChI=1S/C53H49NS.C7H8.C4H8.C3H6/c1-6-16-50(54(2)49-21-14-9-15-22-49)39-51(55(3,4)5)35-42-27-25-40(26-28-42)23-24-41-29-31-43(32-30-41)46-33-34-47-37-52(44-17-10-7-11-18-44)53(38-48(47)36-46)45-19-12-8-13-20-45;1-7-5-3-2-4-6-7;1-3-4-2;1-3-2/h6-39H,1-5H3;2-6H,1H3;3-4H,1-2H3;3H,1H2,2H3/b16-6-,24-23+,50-39+,51-35-;;4-3-;. The fourth-order valence-corrected chi connectivity index (χ4v) is 8.30. The van der Waals surface area contributed by atoms with Crippen molar-refractivity contribution in [3.8, 4) is 33.4 Å². The van der Waals surface area contributed by atoms with E-state index >= 15 is 0 Å². The van der Waals surface area contributed by atoms with Gasteiger partial charge in [0.15, 0.2) is 0 Å². The van der Waals surface area contributed by atoms with Gasteiger partial charge in [-0.2, -0.15) is 0 Å². The van der Waals surface area contributed by atoms with Crippen molar-refractivity contribution >= 4 is 44.7 Å². The van der Waals surface area contributed by atoms with Gasteiger partial charge in [0.2, 0.25) is 0 Å². The van der Waals surface area contributed by atoms with E-state index in [9.17, 15) is 0 Å². The summed E-state index contributed by atoms with van der Waals surface area (Å²) in [5.74, 6) is 0. The van der Waals surface area contributed by atoms with Crippen molar-refractivity contribution in [2.45, 2.75) is 34.6 Å². The van der Waals surface area contributed by atoms with Crippen LogP contribution in [0.1, 0.15) is 49.9 Å². The van der Waals surface area contributed by atoms with Crippen molar-refractivity contribution in [3.63, 3.8) is 0 Å². The number of para-hydroxylation sites is 1. The summed E-state index contributed by atoms with van der Waals surface area (Å²) < 4.78 is 0. The SMILES string of the molecule is C/C=C\C.C=CC.C\C=C/C(=C\C(=C\c1ccc(/C=C/c2ccc(-c3ccc4cc(-c5ccccc5)c(-c5ccccc5)cc4c3)cc2)cc1)S(C)(C)C)N(C)c1ccccc1.Cc1ccccc1. The Morgan fingerprint density at radius 2 is 0.899 bits per heavy atom. The molecule has 0 amide bonds. The van der Waals surface area contributed by atoms with Gasteiger partial charge in [-0.05, 0) is 168 Å². The Hall–Kier alpha value is -7.39. The summed E-state index contributed by atoms with van der Waals surface area (Å²) in [5, 5.41) is 2.48. The van der Waals surface area contributed by atoms with Gasteiger partial charge in [-0.3, -0.25) is 0 Å². The van der Waals surface area contributed by atoms with Crippen LogP contribution in [0.5, 0.6) is 0 Å². The van der Waals surface area contributed by atoms with Crippen LogP contribution in [0.4, 0.5) is 5.69 Å². The van der Waals surface area contributed by atoms with Crippen molar-refractivity contribution < 1.29 is 0 Å². The van der Waals surface area contributed by atoms with Gasteiger partial charge < -0.3 is 4.90 Å². The molecule has 8 aromatic rings. The summed E-state index contributed by atoms with van der Waals surface area (Å²) >= 11 is 0. The van der Waals surface area contributed by atoms with Gasteiger partial charge in [-0.15, -0.1) is 6.58 Å². The number of hydrogen-bond acceptors (Lipinski definition) is 1. The van der Waals surface area contributed by atoms with E-state index in [2.05, 4.69) is 270 Å². The van der Waals surface area contributed by atoms with Crippen LogP contribution in [0.25, 0.3) is 62.4 Å². The van der Waals surface area contributed by atoms with Crippen molar-refractivity contribution in [2.24, 2.45) is 0 Å². The molecule has 0 aliphatic heterocycles. The molecule has 0 saturated heterocycles. The molecule has 8 rings (SSSR count). The number of benzene rings is 8. The second-order valence-corrected chi connectivity index (χ2v) is 21.5. The Morgan fingerprint density at radius 1 is 0.464 bits per heavy atom. The minimum Gasteiger partial charge on any atom is -0.345 e. The highest BCUT2D eigenvalue weighted by Gasteiger charge is 2.14. The molecule has 0 aliphatic carbocycles. The molecule has 1 nitrogen and oxygen atoms in total. The van der Waals surface area contributed by atoms with Gasteiger partial charge in [-0.1, -0.05) is 212 Å². The summed E-state index contributed by atoms with van der Waals surface area (Å²) in [4.78, 5) is 3.61. The van der Waals surface area contributed by atoms with Gasteiger partial charge in [-0.25, -0.2) is 10.0 Å². The zero-order valence-electron chi connectivity index (χ0n) is 42.3. The first kappa shape index (κ1) is 52.6. The molecule has 0 atom stereocenters. The first-order chi connectivity index (χ1) is 33.5. The summed E-state index contributed by atoms with van der Waals surface area (Å²) in [6.07, 6.45) is 26.2. The summed E-state index contributed by atoms with van der Waals surface area (Å²) in [6, 6.07) is 71.4. The highest BCUT2D eigenvalue weighted by atomic mass is 32.3. The summed E-state index contributed by atoms with van der Waals surface area (Å²) in [6.45, 7) is 13.4. The molecule has 2 heteroatoms. The first-order valence-corrected chi connectivity index (χ1v) is 26.6. The lowest BCUT2D eigenvalue weighted by Gasteiger charge is -2.29. The number of nitrogens with zero attached hydrogens (tertiary/aromatic N) is 1. The number of rotatable bonds is 11. The zero-order valence-corrected chi connectivity index (χ0v) is 43.1. The largest absolute Gasteiger partial charge is 0.345 e. The molecule has 0 bridgehead atoms. The van der Waals surface area contributed by atoms with Gasteiger partial charge in [0.1, 0.15) is 0 Å². The molecule has 8 aromatic carbocycles. The molecular formula is C67H71NS. The topological polar surface area (TPSA) is 3.24 Å². The van der Waals surface area contributed by atoms with Crippen molar-refractivity contribution in [1.82, 2.24) is 0 Å². The first-order valence-electron chi connectivity index (χ1n) is 23.7. The van der Waals surface area contributed by atoms with Crippen LogP contribution < -0.4 is 4.90 Å². The van der Waals surface area contributed by atoms with E-state index in [1.165, 1.54) is 82.7 Å². The molecule has 0 saturated carbocycles. The second kappa shape index (κ2) is 27.4. The van der Waals surface area contributed by atoms with Gasteiger partial charge in [0.05, 0.1) is 0 Å². The van der Waals surface area contributed by atoms with E-state index in [4.69, 9.17) is 0 Å². The lowest BCUT2D eigenvalue weighted by Crippen LogP contribution is -2.15. The van der Waals surface area contributed by atoms with E-state index in [1.807, 2.05) is 51.1 Å². The zero-order chi connectivity index (χ0) is 49.4. The van der Waals surface area contributed by atoms with E-state index in [-0.39, 0.29) is 0 Å². The van der Waals surface area contributed by atoms with Crippen LogP contribution in [0.2, 0.25) is 0 Å². The quantitative estimate of drug-likeness (QED) is 0.0710. The average Bonchev–Trinajstić information content (AvgIpc) is 3.38. The molecule has 0 radical (unpaired) electrons. The predicted octanol–water partition coefficient (Wildman–Crippen LogP) is 19.4. The molecule has 0 aliphatic rings. The van der Waals surface area contributed by atoms with Crippen LogP contribution in [0.15, 0.2) is 254 Å². The Labute approximate surface area is 417 Å². The van der Waals surface area contributed by atoms with Crippen LogP contribution in [-0.2, 0) is 0 Å². The maximum Gasteiger partial charge on any atom is 0.0415 e. The van der Waals surface area contributed by atoms with E-state index in [0.29, 0.717) is 0 Å². The molecule has 0 aromatic heterocycles. The number of allylic oxidation sites excluding steroid dienone is 6. The monoisotopic (exact) mass is 922 g/mol. The number of aryl methyl sites for hydroxylation is 1. The second-order valence-electron chi connectivity index (χ2n) is 17.4. The number of anilines is 1. The highest BCUT2D eigenvalue weighted by Crippen LogP contribution is 2.47. The minimum absolute atomic E-state index is 0.999. The fraction of sp³-hybridized carbons (Fsp3) is 0.134. The molecule has 0 spiro atoms. The Morgan fingerprint density at radius 3 is 1.35 bits per heavy atom. The Bertz CT molecular complexity index is 2930. The lowest BCUT2D eigenvalue weighted by atomic mass is 9.90. The van der Waals surface area contributed by atoms with Crippen molar-refractivity contribution in [2.75, 3.05) is 30.7 Å². The molecule has 0 unspecified atom stereocenters. The van der Waals surface area contributed by atoms with Crippen molar-refractivity contribution in [3.05, 3.63) is 276 Å². The molecule has 0 N–H and O–H groups in total. The van der Waals surface area contributed by atoms with Gasteiger partial charge in [0, 0.05) is 18.4 Å². The van der Waals surface area contributed by atoms with Crippen LogP contribution in [-0.4, -0.2) is 25.8 Å². The van der Waals surface area contributed by atoms with Crippen LogP contribution in [0, 0.1) is 6.92 Å².